The summed E-state index contributed by atoms with van der Waals surface area (Å²) in [6.07, 6.45) is -0.971. The van der Waals surface area contributed by atoms with Crippen molar-refractivity contribution in [1.29, 1.82) is 0 Å². The van der Waals surface area contributed by atoms with E-state index in [1.807, 2.05) is 0 Å². The fourth-order valence-electron chi connectivity index (χ4n) is 1.41. The van der Waals surface area contributed by atoms with Crippen LogP contribution in [0.2, 0.25) is 0 Å². The van der Waals surface area contributed by atoms with Crippen molar-refractivity contribution in [3.05, 3.63) is 35.9 Å². The van der Waals surface area contributed by atoms with Gasteiger partial charge in [0.2, 0.25) is 10.0 Å². The number of nitrogens with one attached hydrogen (secondary N) is 1. The molecule has 0 heterocycles. The summed E-state index contributed by atoms with van der Waals surface area (Å²) in [6, 6.07) is 8.64. The molecular weight excluding hydrogens is 270 g/mol. The SMILES string of the molecule is COC(=O)C(C)S(=O)(=O)NCC(O)c1ccccc1. The smallest absolute Gasteiger partial charge is 0.325 e. The first-order valence-electron chi connectivity index (χ1n) is 5.68. The molecule has 19 heavy (non-hydrogen) atoms. The number of ether oxygens (including phenoxy) is 1. The van der Waals surface area contributed by atoms with E-state index in [0.29, 0.717) is 5.56 Å². The molecule has 0 radical (unpaired) electrons. The lowest BCUT2D eigenvalue weighted by Gasteiger charge is -2.15. The second-order valence-corrected chi connectivity index (χ2v) is 6.07. The van der Waals surface area contributed by atoms with Crippen LogP contribution in [0.25, 0.3) is 0 Å². The molecule has 1 rings (SSSR count). The maximum Gasteiger partial charge on any atom is 0.325 e. The number of esters is 1. The Hall–Kier alpha value is -1.44. The highest BCUT2D eigenvalue weighted by atomic mass is 32.2. The number of hydrogen-bond acceptors (Lipinski definition) is 5. The maximum atomic E-state index is 11.7. The summed E-state index contributed by atoms with van der Waals surface area (Å²) in [7, 11) is -2.74. The third-order valence-corrected chi connectivity index (χ3v) is 4.35. The van der Waals surface area contributed by atoms with Gasteiger partial charge in [0.05, 0.1) is 13.2 Å². The Balaban J connectivity index is 2.64. The summed E-state index contributed by atoms with van der Waals surface area (Å²) in [5, 5.41) is 8.50. The van der Waals surface area contributed by atoms with Crippen LogP contribution in [0.3, 0.4) is 0 Å². The van der Waals surface area contributed by atoms with Gasteiger partial charge in [-0.05, 0) is 12.5 Å². The molecule has 2 N–H and O–H groups in total. The van der Waals surface area contributed by atoms with Crippen LogP contribution >= 0.6 is 0 Å². The molecule has 0 aromatic heterocycles. The van der Waals surface area contributed by atoms with Crippen LogP contribution < -0.4 is 4.72 Å². The van der Waals surface area contributed by atoms with Crippen LogP contribution in [-0.2, 0) is 19.6 Å². The molecule has 0 spiro atoms. The maximum absolute atomic E-state index is 11.7. The van der Waals surface area contributed by atoms with Crippen molar-refractivity contribution in [2.75, 3.05) is 13.7 Å². The molecule has 0 bridgehead atoms. The first-order chi connectivity index (χ1) is 8.88. The Labute approximate surface area is 112 Å². The van der Waals surface area contributed by atoms with E-state index in [1.54, 1.807) is 30.3 Å². The quantitative estimate of drug-likeness (QED) is 0.729. The van der Waals surface area contributed by atoms with Crippen molar-refractivity contribution < 1.29 is 23.1 Å². The lowest BCUT2D eigenvalue weighted by atomic mass is 10.1. The summed E-state index contributed by atoms with van der Waals surface area (Å²) in [4.78, 5) is 11.2. The molecule has 2 atom stereocenters. The third-order valence-electron chi connectivity index (χ3n) is 2.66. The van der Waals surface area contributed by atoms with Crippen molar-refractivity contribution >= 4 is 16.0 Å². The molecule has 106 valence electrons. The van der Waals surface area contributed by atoms with Crippen molar-refractivity contribution in [2.45, 2.75) is 18.3 Å². The molecular formula is C12H17NO5S. The number of methoxy groups -OCH3 is 1. The molecule has 0 saturated carbocycles. The molecule has 1 aromatic carbocycles. The van der Waals surface area contributed by atoms with E-state index >= 15 is 0 Å². The van der Waals surface area contributed by atoms with Crippen LogP contribution in [0.5, 0.6) is 0 Å². The molecule has 0 aliphatic carbocycles. The van der Waals surface area contributed by atoms with Gasteiger partial charge in [0, 0.05) is 6.54 Å². The van der Waals surface area contributed by atoms with Gasteiger partial charge in [-0.2, -0.15) is 0 Å². The van der Waals surface area contributed by atoms with Crippen molar-refractivity contribution in [1.82, 2.24) is 4.72 Å². The standard InChI is InChI=1S/C12H17NO5S/c1-9(12(15)18-2)19(16,17)13-8-11(14)10-6-4-3-5-7-10/h3-7,9,11,13-14H,8H2,1-2H3. The largest absolute Gasteiger partial charge is 0.468 e. The molecule has 2 unspecified atom stereocenters. The van der Waals surface area contributed by atoms with Gasteiger partial charge in [0.15, 0.2) is 5.25 Å². The average Bonchev–Trinajstić information content (AvgIpc) is 2.44. The third kappa shape index (κ3) is 4.30. The van der Waals surface area contributed by atoms with E-state index in [9.17, 15) is 18.3 Å². The molecule has 0 saturated heterocycles. The Morgan fingerprint density at radius 2 is 1.95 bits per heavy atom. The number of rotatable bonds is 6. The van der Waals surface area contributed by atoms with E-state index in [-0.39, 0.29) is 6.54 Å². The van der Waals surface area contributed by atoms with Gasteiger partial charge in [-0.3, -0.25) is 4.79 Å². The van der Waals surface area contributed by atoms with Crippen molar-refractivity contribution in [3.8, 4) is 0 Å². The highest BCUT2D eigenvalue weighted by Crippen LogP contribution is 2.11. The first-order valence-corrected chi connectivity index (χ1v) is 7.22. The zero-order valence-corrected chi connectivity index (χ0v) is 11.6. The summed E-state index contributed by atoms with van der Waals surface area (Å²) in [6.45, 7) is 1.02. The van der Waals surface area contributed by atoms with E-state index in [2.05, 4.69) is 9.46 Å². The summed E-state index contributed by atoms with van der Waals surface area (Å²) in [5.74, 6) is -0.846. The van der Waals surface area contributed by atoms with E-state index in [4.69, 9.17) is 0 Å². The number of aliphatic hydroxyl groups is 1. The van der Waals surface area contributed by atoms with Crippen LogP contribution in [0.4, 0.5) is 0 Å². The van der Waals surface area contributed by atoms with Crippen molar-refractivity contribution in [2.24, 2.45) is 0 Å². The highest BCUT2D eigenvalue weighted by Gasteiger charge is 2.29. The van der Waals surface area contributed by atoms with Gasteiger partial charge in [-0.25, -0.2) is 13.1 Å². The predicted octanol–water partition coefficient (Wildman–Crippen LogP) is 0.201. The molecule has 0 aliphatic rings. The van der Waals surface area contributed by atoms with Crippen LogP contribution in [-0.4, -0.2) is 38.4 Å². The lowest BCUT2D eigenvalue weighted by molar-refractivity contribution is -0.139. The minimum atomic E-state index is -3.86. The zero-order chi connectivity index (χ0) is 14.5. The Morgan fingerprint density at radius 3 is 2.47 bits per heavy atom. The van der Waals surface area contributed by atoms with Gasteiger partial charge in [0.25, 0.3) is 0 Å². The number of hydrogen-bond donors (Lipinski definition) is 2. The molecule has 0 aliphatic heterocycles. The summed E-state index contributed by atoms with van der Waals surface area (Å²) < 4.78 is 30.0. The summed E-state index contributed by atoms with van der Waals surface area (Å²) in [5.41, 5.74) is 0.593. The molecule has 0 amide bonds. The highest BCUT2D eigenvalue weighted by molar-refractivity contribution is 7.90. The molecule has 6 nitrogen and oxygen atoms in total. The van der Waals surface area contributed by atoms with E-state index in [0.717, 1.165) is 7.11 Å². The second-order valence-electron chi connectivity index (χ2n) is 3.99. The minimum Gasteiger partial charge on any atom is -0.468 e. The molecule has 7 heteroatoms. The van der Waals surface area contributed by atoms with Crippen molar-refractivity contribution in [3.63, 3.8) is 0 Å². The number of sulfonamides is 1. The number of aliphatic hydroxyl groups excluding tert-OH is 1. The zero-order valence-electron chi connectivity index (χ0n) is 10.7. The van der Waals surface area contributed by atoms with Gasteiger partial charge < -0.3 is 9.84 Å². The van der Waals surface area contributed by atoms with E-state index < -0.39 is 27.3 Å². The first kappa shape index (κ1) is 15.6. The van der Waals surface area contributed by atoms with Crippen LogP contribution in [0, 0.1) is 0 Å². The fourth-order valence-corrected chi connectivity index (χ4v) is 2.40. The number of carbonyl (C=O) groups is 1. The second kappa shape index (κ2) is 6.65. The minimum absolute atomic E-state index is 0.201. The Bertz CT molecular complexity index is 514. The monoisotopic (exact) mass is 287 g/mol. The van der Waals surface area contributed by atoms with E-state index in [1.165, 1.54) is 6.92 Å². The van der Waals surface area contributed by atoms with Gasteiger partial charge in [-0.15, -0.1) is 0 Å². The average molecular weight is 287 g/mol. The lowest BCUT2D eigenvalue weighted by Crippen LogP contribution is -2.39. The van der Waals surface area contributed by atoms with Gasteiger partial charge in [-0.1, -0.05) is 30.3 Å². The number of benzene rings is 1. The van der Waals surface area contributed by atoms with Gasteiger partial charge in [0.1, 0.15) is 0 Å². The summed E-state index contributed by atoms with van der Waals surface area (Å²) >= 11 is 0. The van der Waals surface area contributed by atoms with Gasteiger partial charge >= 0.3 is 5.97 Å². The topological polar surface area (TPSA) is 92.7 Å². The molecule has 0 fully saturated rings. The number of carbonyl (C=O) groups excluding carboxylic acids is 1. The van der Waals surface area contributed by atoms with Crippen LogP contribution in [0.15, 0.2) is 30.3 Å². The Kier molecular flexibility index (Phi) is 5.46. The fraction of sp³-hybridized carbons (Fsp3) is 0.417. The molecule has 1 aromatic rings. The predicted molar refractivity (Wildman–Crippen MR) is 69.8 cm³/mol. The Morgan fingerprint density at radius 1 is 1.37 bits per heavy atom. The van der Waals surface area contributed by atoms with Crippen LogP contribution in [0.1, 0.15) is 18.6 Å². The normalized spacial score (nSPS) is 14.7.